The van der Waals surface area contributed by atoms with E-state index < -0.39 is 23.8 Å². The van der Waals surface area contributed by atoms with Crippen LogP contribution in [-0.2, 0) is 19.2 Å². The molecule has 73 heavy (non-hydrogen) atoms. The molecule has 4 N–H and O–H groups in total. The van der Waals surface area contributed by atoms with Gasteiger partial charge in [0.05, 0.1) is 45.1 Å². The second-order valence-corrected chi connectivity index (χ2v) is 21.4. The number of carbonyl (C=O) groups excluding carboxylic acids is 2. The van der Waals surface area contributed by atoms with Crippen molar-refractivity contribution >= 4 is 105 Å². The third-order valence-electron chi connectivity index (χ3n) is 14.2. The van der Waals surface area contributed by atoms with Crippen molar-refractivity contribution in [3.63, 3.8) is 0 Å². The largest absolute Gasteiger partial charge is 0.481 e. The van der Waals surface area contributed by atoms with Gasteiger partial charge in [-0.05, 0) is 73.2 Å². The molecule has 8 rings (SSSR count). The molecule has 4 aliphatic heterocycles. The van der Waals surface area contributed by atoms with Crippen molar-refractivity contribution in [2.45, 2.75) is 35.5 Å². The number of carboxylic acids is 2. The Morgan fingerprint density at radius 1 is 0.534 bits per heavy atom. The summed E-state index contributed by atoms with van der Waals surface area (Å²) >= 11 is 30.6. The number of carboxylic acid groups (broad SMARTS) is 2. The van der Waals surface area contributed by atoms with E-state index >= 15 is 0 Å². The predicted octanol–water partition coefficient (Wildman–Crippen LogP) is 8.69. The van der Waals surface area contributed by atoms with E-state index in [1.165, 1.54) is 23.9 Å². The normalized spacial score (nSPS) is 19.3. The summed E-state index contributed by atoms with van der Waals surface area (Å²) < 4.78 is 0. The summed E-state index contributed by atoms with van der Waals surface area (Å²) in [5, 5.41) is 39.7. The molecule has 4 fully saturated rings. The first-order chi connectivity index (χ1) is 35.3. The van der Waals surface area contributed by atoms with Crippen LogP contribution < -0.4 is 9.80 Å². The summed E-state index contributed by atoms with van der Waals surface area (Å²) in [6, 6.07) is 19.2. The van der Waals surface area contributed by atoms with Gasteiger partial charge < -0.3 is 40.0 Å². The van der Waals surface area contributed by atoms with Crippen LogP contribution in [0.4, 0.5) is 11.4 Å². The van der Waals surface area contributed by atoms with Gasteiger partial charge in [0.25, 0.3) is 0 Å². The average Bonchev–Trinajstić information content (AvgIpc) is 3.41. The average molecular weight is 1090 g/mol. The van der Waals surface area contributed by atoms with E-state index in [0.29, 0.717) is 149 Å². The van der Waals surface area contributed by atoms with E-state index in [9.17, 15) is 39.6 Å². The molecular formula is C54H60Cl4N6O8S. The molecule has 0 radical (unpaired) electrons. The third kappa shape index (κ3) is 12.8. The van der Waals surface area contributed by atoms with Gasteiger partial charge in [-0.3, -0.25) is 29.0 Å². The second kappa shape index (κ2) is 25.1. The van der Waals surface area contributed by atoms with Crippen LogP contribution in [0.1, 0.15) is 36.8 Å². The Kier molecular flexibility index (Phi) is 18.8. The van der Waals surface area contributed by atoms with Crippen LogP contribution in [0.2, 0.25) is 20.1 Å². The van der Waals surface area contributed by atoms with Crippen LogP contribution in [0, 0.1) is 11.8 Å². The maximum atomic E-state index is 13.8. The topological polar surface area (TPSA) is 169 Å². The number of aliphatic hydroxyl groups excluding tert-OH is 2. The minimum Gasteiger partial charge on any atom is -0.481 e. The number of para-hydroxylation sites is 2. The summed E-state index contributed by atoms with van der Waals surface area (Å²) in [6.45, 7) is 7.55. The van der Waals surface area contributed by atoms with Gasteiger partial charge in [0.15, 0.2) is 0 Å². The van der Waals surface area contributed by atoms with Crippen molar-refractivity contribution in [2.24, 2.45) is 11.8 Å². The predicted molar refractivity (Wildman–Crippen MR) is 291 cm³/mol. The number of piperazine rings is 2. The smallest absolute Gasteiger partial charge is 0.308 e. The fourth-order valence-electron chi connectivity index (χ4n) is 10.2. The number of aliphatic carboxylic acids is 2. The zero-order valence-corrected chi connectivity index (χ0v) is 44.2. The molecule has 19 heteroatoms. The van der Waals surface area contributed by atoms with Crippen LogP contribution in [0.25, 0.3) is 34.4 Å². The molecule has 0 aliphatic carbocycles. The van der Waals surface area contributed by atoms with E-state index in [4.69, 9.17) is 46.4 Å². The minimum absolute atomic E-state index is 0.0425. The molecule has 14 nitrogen and oxygen atoms in total. The zero-order valence-electron chi connectivity index (χ0n) is 40.4. The molecule has 2 amide bonds. The Morgan fingerprint density at radius 3 is 1.29 bits per heavy atom. The molecule has 0 saturated carbocycles. The van der Waals surface area contributed by atoms with Crippen LogP contribution in [0.5, 0.6) is 0 Å². The van der Waals surface area contributed by atoms with E-state index in [0.717, 1.165) is 22.5 Å². The number of aliphatic hydroxyl groups is 2. The van der Waals surface area contributed by atoms with Crippen LogP contribution >= 0.6 is 58.2 Å². The van der Waals surface area contributed by atoms with Crippen molar-refractivity contribution in [3.05, 3.63) is 104 Å². The molecule has 0 aromatic heterocycles. The number of rotatable bonds is 16. The number of β-amino-alcohol motifs (C(OH)–C–C–N with tert-alkyl or cyclic N) is 2. The standard InChI is InChI=1S/C54H60Cl4N6O8S/c55-49-39(13-15-47(67)61-23-19-59(20-24-61)27-29-65)41(37-9-1-3-11-43(37)63-17-5-7-35(33-63)53(69)70)31-45(51(49)57)73-46-32-42(38-10-2-4-12-44(38)64-18-6-8-36(34-64)54(71)72)40(50(56)52(46)58)14-16-48(68)62-25-21-60(22-26-62)28-30-66/h1-4,9-16,31-32,35-36,65-66H,5-8,17-30,33-34H2,(H,69,70)(H,71,72)/b15-13+,16-14+. The molecule has 388 valence electrons. The van der Waals surface area contributed by atoms with Gasteiger partial charge in [0.2, 0.25) is 11.8 Å². The number of hydrogen-bond acceptors (Lipinski definition) is 11. The third-order valence-corrected chi connectivity index (χ3v) is 17.3. The molecule has 0 spiro atoms. The number of piperidine rings is 2. The van der Waals surface area contributed by atoms with E-state index in [1.54, 1.807) is 22.0 Å². The second-order valence-electron chi connectivity index (χ2n) is 18.8. The highest BCUT2D eigenvalue weighted by Crippen LogP contribution is 2.51. The number of amides is 2. The van der Waals surface area contributed by atoms with E-state index in [2.05, 4.69) is 19.6 Å². The monoisotopic (exact) mass is 1090 g/mol. The number of halogens is 4. The van der Waals surface area contributed by atoms with E-state index in [-0.39, 0.29) is 45.1 Å². The molecule has 0 bridgehead atoms. The number of hydrogen-bond donors (Lipinski definition) is 4. The minimum atomic E-state index is -0.853. The number of benzene rings is 4. The molecule has 4 aromatic rings. The lowest BCUT2D eigenvalue weighted by molar-refractivity contribution is -0.142. The van der Waals surface area contributed by atoms with Crippen LogP contribution in [0.3, 0.4) is 0 Å². The number of nitrogens with zero attached hydrogens (tertiary/aromatic N) is 6. The molecule has 4 saturated heterocycles. The summed E-state index contributed by atoms with van der Waals surface area (Å²) in [4.78, 5) is 64.9. The van der Waals surface area contributed by atoms with Crippen LogP contribution in [0.15, 0.2) is 82.6 Å². The Hall–Kier alpha value is -4.81. The zero-order chi connectivity index (χ0) is 51.8. The SMILES string of the molecule is O=C(O)C1CCCN(c2ccccc2-c2cc(Sc3cc(-c4ccccc4N4CCCC(C(=O)O)C4)c(/C=C/C(=O)N4CCN(CCO)CC4)c(Cl)c3Cl)c(Cl)c(Cl)c2/C=C/C(=O)N2CCN(CCO)CC2)C1. The number of carbonyl (C=O) groups is 4. The summed E-state index contributed by atoms with van der Waals surface area (Å²) in [6.07, 6.45) is 8.85. The molecule has 4 aromatic carbocycles. The van der Waals surface area contributed by atoms with Gasteiger partial charge in [0, 0.05) is 147 Å². The van der Waals surface area contributed by atoms with Crippen molar-refractivity contribution in [3.8, 4) is 22.3 Å². The Labute approximate surface area is 450 Å². The summed E-state index contributed by atoms with van der Waals surface area (Å²) in [5.41, 5.74) is 5.35. The quantitative estimate of drug-likeness (QED) is 0.0788. The fourth-order valence-corrected chi connectivity index (χ4v) is 12.4. The van der Waals surface area contributed by atoms with Gasteiger partial charge in [-0.15, -0.1) is 0 Å². The fraction of sp³-hybridized carbons (Fsp3) is 0.407. The number of anilines is 2. The first-order valence-electron chi connectivity index (χ1n) is 24.7. The Balaban J connectivity index is 1.23. The molecule has 2 unspecified atom stereocenters. The Morgan fingerprint density at radius 2 is 0.918 bits per heavy atom. The Bertz CT molecular complexity index is 2560. The highest BCUT2D eigenvalue weighted by molar-refractivity contribution is 7.99. The van der Waals surface area contributed by atoms with Gasteiger partial charge in [-0.25, -0.2) is 0 Å². The molecule has 2 atom stereocenters. The molecular weight excluding hydrogens is 1030 g/mol. The van der Waals surface area contributed by atoms with Crippen molar-refractivity contribution < 1.29 is 39.6 Å². The molecule has 4 heterocycles. The summed E-state index contributed by atoms with van der Waals surface area (Å²) in [7, 11) is 0. The van der Waals surface area contributed by atoms with Crippen molar-refractivity contribution in [2.75, 3.05) is 115 Å². The highest BCUT2D eigenvalue weighted by atomic mass is 35.5. The van der Waals surface area contributed by atoms with Gasteiger partial charge in [0.1, 0.15) is 0 Å². The molecule has 4 aliphatic rings. The lowest BCUT2D eigenvalue weighted by Crippen LogP contribution is -2.48. The van der Waals surface area contributed by atoms with Gasteiger partial charge in [-0.2, -0.15) is 0 Å². The lowest BCUT2D eigenvalue weighted by Gasteiger charge is -2.34. The van der Waals surface area contributed by atoms with Crippen molar-refractivity contribution in [1.29, 1.82) is 0 Å². The first-order valence-corrected chi connectivity index (χ1v) is 27.1. The maximum Gasteiger partial charge on any atom is 0.308 e. The van der Waals surface area contributed by atoms with Gasteiger partial charge >= 0.3 is 11.9 Å². The summed E-state index contributed by atoms with van der Waals surface area (Å²) in [5.74, 6) is -3.23. The van der Waals surface area contributed by atoms with Crippen molar-refractivity contribution in [1.82, 2.24) is 19.6 Å². The van der Waals surface area contributed by atoms with E-state index in [1.807, 2.05) is 60.7 Å². The van der Waals surface area contributed by atoms with Crippen LogP contribution in [-0.4, -0.2) is 169 Å². The first kappa shape index (κ1) is 54.5. The van der Waals surface area contributed by atoms with Gasteiger partial charge in [-0.1, -0.05) is 94.6 Å². The maximum absolute atomic E-state index is 13.8. The highest BCUT2D eigenvalue weighted by Gasteiger charge is 2.31. The lowest BCUT2D eigenvalue weighted by atomic mass is 9.93.